The Bertz CT molecular complexity index is 664. The zero-order chi connectivity index (χ0) is 17.6. The van der Waals surface area contributed by atoms with Gasteiger partial charge in [0.1, 0.15) is 9.88 Å². The number of aromatic hydroxyl groups is 1. The number of hydrogen-bond acceptors (Lipinski definition) is 6. The lowest BCUT2D eigenvalue weighted by Crippen LogP contribution is -2.40. The van der Waals surface area contributed by atoms with Crippen LogP contribution in [0.3, 0.4) is 0 Å². The van der Waals surface area contributed by atoms with E-state index < -0.39 is 0 Å². The summed E-state index contributed by atoms with van der Waals surface area (Å²) in [6.45, 7) is 3.60. The van der Waals surface area contributed by atoms with Gasteiger partial charge >= 0.3 is 0 Å². The van der Waals surface area contributed by atoms with Crippen LogP contribution in [0, 0.1) is 0 Å². The molecule has 1 saturated carbocycles. The van der Waals surface area contributed by atoms with E-state index in [2.05, 4.69) is 16.9 Å². The molecule has 0 radical (unpaired) electrons. The standard InChI is InChI=1S/C10H8N2O2S.C8H17N/c1-6(13)8-9(14)12-10(15-8)7-3-2-4-11-5-7;1-2-8(9)6-4-3-5-7-8/h2-5,14H,1H3;2-7,9H2,1H3. The van der Waals surface area contributed by atoms with E-state index in [-0.39, 0.29) is 22.1 Å². The van der Waals surface area contributed by atoms with Crippen LogP contribution in [0.25, 0.3) is 10.6 Å². The zero-order valence-electron chi connectivity index (χ0n) is 14.3. The number of carbonyl (C=O) groups excluding carboxylic acids is 1. The molecule has 0 saturated heterocycles. The number of ketones is 1. The van der Waals surface area contributed by atoms with Gasteiger partial charge in [-0.15, -0.1) is 11.3 Å². The number of nitrogens with two attached hydrogens (primary N) is 1. The topological polar surface area (TPSA) is 89.1 Å². The third-order valence-electron chi connectivity index (χ3n) is 4.39. The van der Waals surface area contributed by atoms with Crippen LogP contribution in [0.2, 0.25) is 0 Å². The van der Waals surface area contributed by atoms with Crippen LogP contribution in [-0.4, -0.2) is 26.4 Å². The summed E-state index contributed by atoms with van der Waals surface area (Å²) in [5, 5.41) is 10.0. The van der Waals surface area contributed by atoms with E-state index in [1.807, 2.05) is 6.07 Å². The lowest BCUT2D eigenvalue weighted by molar-refractivity contribution is 0.101. The Labute approximate surface area is 147 Å². The Kier molecular flexibility index (Phi) is 6.45. The summed E-state index contributed by atoms with van der Waals surface area (Å²) in [7, 11) is 0. The minimum Gasteiger partial charge on any atom is -0.492 e. The van der Waals surface area contributed by atoms with Crippen molar-refractivity contribution >= 4 is 17.1 Å². The number of thiazole rings is 1. The number of Topliss-reactive ketones (excluding diaryl/α,β-unsaturated/α-hetero) is 1. The van der Waals surface area contributed by atoms with Gasteiger partial charge in [0.15, 0.2) is 5.78 Å². The molecule has 1 fully saturated rings. The second-order valence-electron chi connectivity index (χ2n) is 6.25. The summed E-state index contributed by atoms with van der Waals surface area (Å²) >= 11 is 1.17. The second-order valence-corrected chi connectivity index (χ2v) is 7.25. The summed E-state index contributed by atoms with van der Waals surface area (Å²) in [5.41, 5.74) is 7.08. The smallest absolute Gasteiger partial charge is 0.233 e. The molecule has 0 amide bonds. The van der Waals surface area contributed by atoms with Crippen molar-refractivity contribution in [3.63, 3.8) is 0 Å². The van der Waals surface area contributed by atoms with Crippen molar-refractivity contribution in [2.24, 2.45) is 5.73 Å². The Balaban J connectivity index is 0.000000198. The van der Waals surface area contributed by atoms with Crippen molar-refractivity contribution in [2.75, 3.05) is 0 Å². The quantitative estimate of drug-likeness (QED) is 0.813. The van der Waals surface area contributed by atoms with E-state index in [1.165, 1.54) is 50.4 Å². The molecule has 0 spiro atoms. The van der Waals surface area contributed by atoms with Gasteiger partial charge in [-0.2, -0.15) is 0 Å². The van der Waals surface area contributed by atoms with Crippen molar-refractivity contribution in [1.29, 1.82) is 0 Å². The molecule has 2 heterocycles. The first kappa shape index (κ1) is 18.5. The summed E-state index contributed by atoms with van der Waals surface area (Å²) in [4.78, 5) is 19.3. The summed E-state index contributed by atoms with van der Waals surface area (Å²) in [6, 6.07) is 3.61. The number of nitrogens with zero attached hydrogens (tertiary/aromatic N) is 2. The van der Waals surface area contributed by atoms with Crippen LogP contribution in [-0.2, 0) is 0 Å². The largest absolute Gasteiger partial charge is 0.492 e. The molecular weight excluding hydrogens is 322 g/mol. The van der Waals surface area contributed by atoms with Gasteiger partial charge in [-0.3, -0.25) is 9.78 Å². The molecule has 0 aromatic carbocycles. The number of hydrogen-bond donors (Lipinski definition) is 2. The number of carbonyl (C=O) groups is 1. The first-order chi connectivity index (χ1) is 11.4. The van der Waals surface area contributed by atoms with Crippen LogP contribution in [0.4, 0.5) is 0 Å². The molecule has 0 atom stereocenters. The maximum Gasteiger partial charge on any atom is 0.233 e. The maximum absolute atomic E-state index is 11.1. The molecule has 2 aromatic heterocycles. The average Bonchev–Trinajstić information content (AvgIpc) is 2.99. The van der Waals surface area contributed by atoms with Gasteiger partial charge in [-0.25, -0.2) is 4.98 Å². The fraction of sp³-hybridized carbons (Fsp3) is 0.500. The SMILES string of the molecule is CC(=O)c1sc(-c2cccnc2)nc1O.CCC1(N)CCCCC1. The van der Waals surface area contributed by atoms with Crippen molar-refractivity contribution < 1.29 is 9.90 Å². The van der Waals surface area contributed by atoms with Crippen molar-refractivity contribution in [1.82, 2.24) is 9.97 Å². The van der Waals surface area contributed by atoms with Gasteiger partial charge in [0.25, 0.3) is 0 Å². The van der Waals surface area contributed by atoms with Crippen molar-refractivity contribution in [2.45, 2.75) is 57.9 Å². The Hall–Kier alpha value is -1.79. The highest BCUT2D eigenvalue weighted by atomic mass is 32.1. The Morgan fingerprint density at radius 3 is 2.54 bits per heavy atom. The van der Waals surface area contributed by atoms with E-state index in [4.69, 9.17) is 5.73 Å². The third-order valence-corrected chi connectivity index (χ3v) is 5.59. The molecule has 5 nitrogen and oxygen atoms in total. The molecule has 1 aliphatic carbocycles. The van der Waals surface area contributed by atoms with Crippen LogP contribution in [0.5, 0.6) is 5.88 Å². The van der Waals surface area contributed by atoms with E-state index >= 15 is 0 Å². The normalized spacial score (nSPS) is 16.1. The van der Waals surface area contributed by atoms with E-state index in [1.54, 1.807) is 18.5 Å². The molecule has 24 heavy (non-hydrogen) atoms. The van der Waals surface area contributed by atoms with E-state index in [0.717, 1.165) is 12.0 Å². The highest BCUT2D eigenvalue weighted by Crippen LogP contribution is 2.31. The van der Waals surface area contributed by atoms with E-state index in [0.29, 0.717) is 5.01 Å². The van der Waals surface area contributed by atoms with Crippen molar-refractivity contribution in [3.8, 4) is 16.5 Å². The first-order valence-electron chi connectivity index (χ1n) is 8.35. The molecule has 6 heteroatoms. The lowest BCUT2D eigenvalue weighted by Gasteiger charge is -2.32. The van der Waals surface area contributed by atoms with Crippen LogP contribution >= 0.6 is 11.3 Å². The molecule has 130 valence electrons. The monoisotopic (exact) mass is 347 g/mol. The molecule has 0 unspecified atom stereocenters. The summed E-state index contributed by atoms with van der Waals surface area (Å²) < 4.78 is 0. The predicted molar refractivity (Wildman–Crippen MR) is 97.3 cm³/mol. The van der Waals surface area contributed by atoms with Gasteiger partial charge in [0.2, 0.25) is 5.88 Å². The fourth-order valence-electron chi connectivity index (χ4n) is 2.76. The maximum atomic E-state index is 11.1. The lowest BCUT2D eigenvalue weighted by atomic mass is 9.81. The minimum atomic E-state index is -0.202. The number of pyridine rings is 1. The molecule has 1 aliphatic rings. The highest BCUT2D eigenvalue weighted by molar-refractivity contribution is 7.17. The van der Waals surface area contributed by atoms with Gasteiger partial charge in [-0.05, 0) is 31.4 Å². The molecule has 0 bridgehead atoms. The van der Waals surface area contributed by atoms with Gasteiger partial charge in [0.05, 0.1) is 0 Å². The number of aromatic nitrogens is 2. The molecule has 2 aromatic rings. The first-order valence-corrected chi connectivity index (χ1v) is 9.17. The predicted octanol–water partition coefficient (Wildman–Crippen LogP) is 4.17. The van der Waals surface area contributed by atoms with Gasteiger partial charge in [0, 0.05) is 30.4 Å². The Morgan fingerprint density at radius 1 is 1.38 bits per heavy atom. The molecule has 3 rings (SSSR count). The zero-order valence-corrected chi connectivity index (χ0v) is 15.1. The van der Waals surface area contributed by atoms with Gasteiger partial charge in [-0.1, -0.05) is 26.2 Å². The number of rotatable bonds is 3. The highest BCUT2D eigenvalue weighted by Gasteiger charge is 2.24. The fourth-order valence-corrected chi connectivity index (χ4v) is 3.61. The van der Waals surface area contributed by atoms with Crippen LogP contribution < -0.4 is 5.73 Å². The van der Waals surface area contributed by atoms with E-state index in [9.17, 15) is 9.90 Å². The Morgan fingerprint density at radius 2 is 2.08 bits per heavy atom. The summed E-state index contributed by atoms with van der Waals surface area (Å²) in [5.74, 6) is -0.383. The van der Waals surface area contributed by atoms with Gasteiger partial charge < -0.3 is 10.8 Å². The van der Waals surface area contributed by atoms with Crippen LogP contribution in [0.15, 0.2) is 24.5 Å². The molecule has 3 N–H and O–H groups in total. The van der Waals surface area contributed by atoms with Crippen molar-refractivity contribution in [3.05, 3.63) is 29.4 Å². The second kappa shape index (κ2) is 8.35. The van der Waals surface area contributed by atoms with Crippen LogP contribution in [0.1, 0.15) is 62.0 Å². The summed E-state index contributed by atoms with van der Waals surface area (Å²) in [6.07, 6.45) is 11.1. The molecule has 0 aliphatic heterocycles. The molecular formula is C18H25N3O2S. The third kappa shape index (κ3) is 4.85. The minimum absolute atomic E-state index is 0.180. The average molecular weight is 347 g/mol.